The number of hydrogen-bond acceptors (Lipinski definition) is 5. The highest BCUT2D eigenvalue weighted by Gasteiger charge is 2.20. The predicted molar refractivity (Wildman–Crippen MR) is 114 cm³/mol. The molecule has 1 saturated heterocycles. The highest BCUT2D eigenvalue weighted by molar-refractivity contribution is 5.98. The van der Waals surface area contributed by atoms with Crippen LogP contribution in [0.3, 0.4) is 0 Å². The summed E-state index contributed by atoms with van der Waals surface area (Å²) in [6, 6.07) is 14.7. The molecule has 0 spiro atoms. The summed E-state index contributed by atoms with van der Waals surface area (Å²) in [4.78, 5) is 42.7. The maximum atomic E-state index is 12.5. The molecule has 7 heteroatoms. The molecule has 154 valence electrons. The number of carbonyl (C=O) groups is 2. The summed E-state index contributed by atoms with van der Waals surface area (Å²) < 4.78 is 5.02. The highest BCUT2D eigenvalue weighted by atomic mass is 16.4. The number of Topliss-reactive ketones (excluding diaryl/α,β-unsaturated/α-hetero) is 1. The number of aromatic amines is 1. The Kier molecular flexibility index (Phi) is 5.90. The number of ketones is 1. The molecule has 30 heavy (non-hydrogen) atoms. The van der Waals surface area contributed by atoms with E-state index in [1.54, 1.807) is 24.3 Å². The molecule has 7 nitrogen and oxygen atoms in total. The van der Waals surface area contributed by atoms with Gasteiger partial charge < -0.3 is 9.32 Å². The lowest BCUT2D eigenvalue weighted by atomic mass is 10.1. The van der Waals surface area contributed by atoms with Gasteiger partial charge in [0, 0.05) is 50.8 Å². The predicted octanol–water partition coefficient (Wildman–Crippen LogP) is 2.55. The lowest BCUT2D eigenvalue weighted by Gasteiger charge is -2.34. The second-order valence-electron chi connectivity index (χ2n) is 7.31. The second-order valence-corrected chi connectivity index (χ2v) is 7.31. The molecule has 0 radical (unpaired) electrons. The fourth-order valence-electron chi connectivity index (χ4n) is 3.55. The molecule has 0 bridgehead atoms. The molecular weight excluding hydrogens is 382 g/mol. The molecule has 2 heterocycles. The first-order chi connectivity index (χ1) is 14.6. The zero-order valence-electron chi connectivity index (χ0n) is 16.5. The van der Waals surface area contributed by atoms with Crippen LogP contribution in [0.4, 0.5) is 0 Å². The number of oxazole rings is 1. The van der Waals surface area contributed by atoms with E-state index in [9.17, 15) is 14.4 Å². The molecular formula is C23H23N3O4. The SMILES string of the molecule is O=C(CCN1CCN(C(=O)C=Cc2ccccc2)CC1)c1ccc2[nH]c(=O)oc2c1. The molecule has 1 aromatic heterocycles. The van der Waals surface area contributed by atoms with E-state index in [4.69, 9.17) is 4.42 Å². The van der Waals surface area contributed by atoms with Gasteiger partial charge in [-0.15, -0.1) is 0 Å². The number of carbonyl (C=O) groups excluding carboxylic acids is 2. The Bertz CT molecular complexity index is 1120. The molecule has 2 aromatic carbocycles. The molecule has 0 unspecified atom stereocenters. The minimum absolute atomic E-state index is 0.00468. The first-order valence-electron chi connectivity index (χ1n) is 9.99. The van der Waals surface area contributed by atoms with Gasteiger partial charge in [-0.05, 0) is 29.8 Å². The normalized spacial score (nSPS) is 15.1. The number of fused-ring (bicyclic) bond motifs is 1. The number of amides is 1. The summed E-state index contributed by atoms with van der Waals surface area (Å²) in [7, 11) is 0. The van der Waals surface area contributed by atoms with Gasteiger partial charge in [-0.2, -0.15) is 0 Å². The van der Waals surface area contributed by atoms with Gasteiger partial charge in [0.1, 0.15) is 0 Å². The topological polar surface area (TPSA) is 86.6 Å². The van der Waals surface area contributed by atoms with Crippen molar-refractivity contribution in [3.05, 3.63) is 76.3 Å². The maximum Gasteiger partial charge on any atom is 0.417 e. The lowest BCUT2D eigenvalue weighted by molar-refractivity contribution is -0.127. The van der Waals surface area contributed by atoms with Crippen molar-refractivity contribution in [2.45, 2.75) is 6.42 Å². The number of benzene rings is 2. The van der Waals surface area contributed by atoms with Crippen molar-refractivity contribution in [1.82, 2.24) is 14.8 Å². The van der Waals surface area contributed by atoms with Crippen molar-refractivity contribution >= 4 is 28.9 Å². The number of H-pyrrole nitrogens is 1. The van der Waals surface area contributed by atoms with Crippen LogP contribution in [0.25, 0.3) is 17.2 Å². The zero-order valence-corrected chi connectivity index (χ0v) is 16.5. The van der Waals surface area contributed by atoms with Crippen LogP contribution >= 0.6 is 0 Å². The van der Waals surface area contributed by atoms with Gasteiger partial charge in [-0.25, -0.2) is 4.79 Å². The van der Waals surface area contributed by atoms with Crippen LogP contribution in [0.1, 0.15) is 22.3 Å². The van der Waals surface area contributed by atoms with Gasteiger partial charge in [0.2, 0.25) is 5.91 Å². The quantitative estimate of drug-likeness (QED) is 0.503. The number of nitrogens with one attached hydrogen (secondary N) is 1. The minimum atomic E-state index is -0.527. The van der Waals surface area contributed by atoms with Gasteiger partial charge in [-0.3, -0.25) is 19.5 Å². The molecule has 1 N–H and O–H groups in total. The molecule has 0 saturated carbocycles. The van der Waals surface area contributed by atoms with Crippen molar-refractivity contribution in [3.8, 4) is 0 Å². The fourth-order valence-corrected chi connectivity index (χ4v) is 3.55. The van der Waals surface area contributed by atoms with Crippen molar-refractivity contribution < 1.29 is 14.0 Å². The molecule has 1 fully saturated rings. The number of nitrogens with zero attached hydrogens (tertiary/aromatic N) is 2. The molecule has 0 atom stereocenters. The van der Waals surface area contributed by atoms with E-state index in [2.05, 4.69) is 9.88 Å². The third-order valence-electron chi connectivity index (χ3n) is 5.30. The van der Waals surface area contributed by atoms with Crippen LogP contribution in [-0.4, -0.2) is 59.2 Å². The van der Waals surface area contributed by atoms with Gasteiger partial charge >= 0.3 is 5.76 Å². The third-order valence-corrected chi connectivity index (χ3v) is 5.30. The van der Waals surface area contributed by atoms with E-state index < -0.39 is 5.76 Å². The first kappa shape index (κ1) is 19.8. The van der Waals surface area contributed by atoms with E-state index in [1.807, 2.05) is 41.3 Å². The molecule has 3 aromatic rings. The average Bonchev–Trinajstić information content (AvgIpc) is 3.16. The third kappa shape index (κ3) is 4.75. The van der Waals surface area contributed by atoms with Crippen LogP contribution in [-0.2, 0) is 4.79 Å². The zero-order chi connectivity index (χ0) is 20.9. The molecule has 1 aliphatic rings. The Morgan fingerprint density at radius 2 is 1.80 bits per heavy atom. The Balaban J connectivity index is 1.25. The van der Waals surface area contributed by atoms with Gasteiger partial charge in [0.05, 0.1) is 5.52 Å². The van der Waals surface area contributed by atoms with Crippen molar-refractivity contribution in [3.63, 3.8) is 0 Å². The molecule has 0 aliphatic carbocycles. The second kappa shape index (κ2) is 8.92. The molecule has 1 aliphatic heterocycles. The number of piperazine rings is 1. The van der Waals surface area contributed by atoms with Crippen LogP contribution in [0.15, 0.2) is 63.8 Å². The number of aromatic nitrogens is 1. The van der Waals surface area contributed by atoms with Gasteiger partial charge in [0.15, 0.2) is 11.4 Å². The monoisotopic (exact) mass is 405 g/mol. The molecule has 4 rings (SSSR count). The van der Waals surface area contributed by atoms with E-state index in [0.717, 1.165) is 18.7 Å². The first-order valence-corrected chi connectivity index (χ1v) is 9.99. The average molecular weight is 405 g/mol. The van der Waals surface area contributed by atoms with E-state index in [1.165, 1.54) is 0 Å². The van der Waals surface area contributed by atoms with Crippen molar-refractivity contribution in [1.29, 1.82) is 0 Å². The highest BCUT2D eigenvalue weighted by Crippen LogP contribution is 2.14. The minimum Gasteiger partial charge on any atom is -0.408 e. The summed E-state index contributed by atoms with van der Waals surface area (Å²) in [5, 5.41) is 0. The van der Waals surface area contributed by atoms with E-state index in [0.29, 0.717) is 42.7 Å². The summed E-state index contributed by atoms with van der Waals surface area (Å²) in [5.41, 5.74) is 2.51. The molecule has 1 amide bonds. The van der Waals surface area contributed by atoms with Crippen LogP contribution < -0.4 is 5.76 Å². The Morgan fingerprint density at radius 3 is 2.57 bits per heavy atom. The van der Waals surface area contributed by atoms with E-state index >= 15 is 0 Å². The van der Waals surface area contributed by atoms with Gasteiger partial charge in [0.25, 0.3) is 0 Å². The summed E-state index contributed by atoms with van der Waals surface area (Å²) in [5.74, 6) is -0.512. The summed E-state index contributed by atoms with van der Waals surface area (Å²) in [6.45, 7) is 3.41. The van der Waals surface area contributed by atoms with Crippen LogP contribution in [0.2, 0.25) is 0 Å². The Morgan fingerprint density at radius 1 is 1.03 bits per heavy atom. The summed E-state index contributed by atoms with van der Waals surface area (Å²) >= 11 is 0. The smallest absolute Gasteiger partial charge is 0.408 e. The number of hydrogen-bond donors (Lipinski definition) is 1. The standard InChI is InChI=1S/C23H23N3O4/c27-20(18-7-8-19-21(16-18)30-23(29)24-19)10-11-25-12-14-26(15-13-25)22(28)9-6-17-4-2-1-3-5-17/h1-9,16H,10-15H2,(H,24,29). The van der Waals surface area contributed by atoms with Crippen molar-refractivity contribution in [2.24, 2.45) is 0 Å². The van der Waals surface area contributed by atoms with Crippen LogP contribution in [0, 0.1) is 0 Å². The fraction of sp³-hybridized carbons (Fsp3) is 0.261. The largest absolute Gasteiger partial charge is 0.417 e. The van der Waals surface area contributed by atoms with Crippen LogP contribution in [0.5, 0.6) is 0 Å². The number of rotatable bonds is 6. The maximum absolute atomic E-state index is 12.5. The lowest BCUT2D eigenvalue weighted by Crippen LogP contribution is -2.48. The van der Waals surface area contributed by atoms with Crippen molar-refractivity contribution in [2.75, 3.05) is 32.7 Å². The Hall–Kier alpha value is -3.45. The van der Waals surface area contributed by atoms with Gasteiger partial charge in [-0.1, -0.05) is 30.3 Å². The summed E-state index contributed by atoms with van der Waals surface area (Å²) in [6.07, 6.45) is 3.82. The Labute approximate surface area is 173 Å². The van der Waals surface area contributed by atoms with E-state index in [-0.39, 0.29) is 11.7 Å².